The van der Waals surface area contributed by atoms with E-state index in [9.17, 15) is 0 Å². The van der Waals surface area contributed by atoms with Crippen molar-refractivity contribution in [1.82, 2.24) is 4.90 Å². The molecule has 1 saturated heterocycles. The average molecular weight is 267 g/mol. The van der Waals surface area contributed by atoms with Gasteiger partial charge in [-0.05, 0) is 63.0 Å². The highest BCUT2D eigenvalue weighted by Gasteiger charge is 2.16. The van der Waals surface area contributed by atoms with Gasteiger partial charge in [-0.1, -0.05) is 18.5 Å². The highest BCUT2D eigenvalue weighted by Crippen LogP contribution is 2.22. The molecule has 100 valence electrons. The van der Waals surface area contributed by atoms with E-state index in [4.69, 9.17) is 11.6 Å². The van der Waals surface area contributed by atoms with Crippen molar-refractivity contribution in [2.45, 2.75) is 39.2 Å². The monoisotopic (exact) mass is 266 g/mol. The van der Waals surface area contributed by atoms with E-state index in [1.807, 2.05) is 12.1 Å². The fourth-order valence-electron chi connectivity index (χ4n) is 2.63. The number of likely N-dealkylation sites (tertiary alicyclic amines) is 1. The lowest BCUT2D eigenvalue weighted by molar-refractivity contribution is 0.300. The number of anilines is 1. The molecule has 1 aromatic rings. The van der Waals surface area contributed by atoms with E-state index in [1.54, 1.807) is 0 Å². The third-order valence-corrected chi connectivity index (χ3v) is 4.05. The molecule has 2 rings (SSSR count). The zero-order chi connectivity index (χ0) is 13.0. The van der Waals surface area contributed by atoms with Gasteiger partial charge in [-0.15, -0.1) is 0 Å². The van der Waals surface area contributed by atoms with Crippen molar-refractivity contribution in [3.8, 4) is 0 Å². The molecule has 0 amide bonds. The van der Waals surface area contributed by atoms with Crippen LogP contribution in [0.2, 0.25) is 5.02 Å². The molecule has 1 aliphatic rings. The van der Waals surface area contributed by atoms with Crippen LogP contribution in [0, 0.1) is 6.92 Å². The van der Waals surface area contributed by atoms with Crippen LogP contribution in [-0.2, 0) is 0 Å². The van der Waals surface area contributed by atoms with Crippen LogP contribution in [0.25, 0.3) is 0 Å². The fourth-order valence-corrected chi connectivity index (χ4v) is 2.85. The Hall–Kier alpha value is -0.730. The van der Waals surface area contributed by atoms with Crippen molar-refractivity contribution in [3.05, 3.63) is 28.8 Å². The van der Waals surface area contributed by atoms with Gasteiger partial charge < -0.3 is 10.2 Å². The summed E-state index contributed by atoms with van der Waals surface area (Å²) in [5, 5.41) is 4.49. The molecule has 1 aromatic carbocycles. The maximum Gasteiger partial charge on any atom is 0.0410 e. The number of nitrogens with zero attached hydrogens (tertiary/aromatic N) is 1. The highest BCUT2D eigenvalue weighted by atomic mass is 35.5. The van der Waals surface area contributed by atoms with Crippen LogP contribution < -0.4 is 5.32 Å². The molecule has 1 aliphatic heterocycles. The predicted octanol–water partition coefficient (Wildman–Crippen LogP) is 3.93. The quantitative estimate of drug-likeness (QED) is 0.892. The lowest BCUT2D eigenvalue weighted by atomic mass is 10.1. The Balaban J connectivity index is 1.96. The first-order chi connectivity index (χ1) is 8.69. The maximum absolute atomic E-state index is 5.99. The van der Waals surface area contributed by atoms with Crippen LogP contribution in [0.1, 0.15) is 31.7 Å². The van der Waals surface area contributed by atoms with Crippen LogP contribution in [-0.4, -0.2) is 30.6 Å². The topological polar surface area (TPSA) is 15.3 Å². The van der Waals surface area contributed by atoms with Gasteiger partial charge in [0.15, 0.2) is 0 Å². The van der Waals surface area contributed by atoms with Gasteiger partial charge >= 0.3 is 0 Å². The Morgan fingerprint density at radius 1 is 1.33 bits per heavy atom. The van der Waals surface area contributed by atoms with E-state index in [0.717, 1.165) is 5.02 Å². The van der Waals surface area contributed by atoms with Gasteiger partial charge in [0.05, 0.1) is 0 Å². The third-order valence-electron chi connectivity index (χ3n) is 3.82. The molecule has 3 heteroatoms. The first-order valence-corrected chi connectivity index (χ1v) is 7.32. The molecule has 1 heterocycles. The first-order valence-electron chi connectivity index (χ1n) is 6.94. The second-order valence-corrected chi connectivity index (χ2v) is 5.60. The smallest absolute Gasteiger partial charge is 0.0410 e. The molecule has 1 N–H and O–H groups in total. The Bertz CT molecular complexity index is 392. The van der Waals surface area contributed by atoms with Gasteiger partial charge in [-0.3, -0.25) is 0 Å². The molecule has 1 fully saturated rings. The van der Waals surface area contributed by atoms with Crippen molar-refractivity contribution in [3.63, 3.8) is 0 Å². The summed E-state index contributed by atoms with van der Waals surface area (Å²) < 4.78 is 0. The molecule has 1 atom stereocenters. The van der Waals surface area contributed by atoms with E-state index >= 15 is 0 Å². The largest absolute Gasteiger partial charge is 0.382 e. The zero-order valence-electron chi connectivity index (χ0n) is 11.4. The number of rotatable bonds is 3. The summed E-state index contributed by atoms with van der Waals surface area (Å²) in [6.07, 6.45) is 3.78. The van der Waals surface area contributed by atoms with Gasteiger partial charge in [-0.25, -0.2) is 0 Å². The molecule has 1 unspecified atom stereocenters. The normalized spacial score (nSPS) is 21.6. The lowest BCUT2D eigenvalue weighted by Gasteiger charge is -2.20. The van der Waals surface area contributed by atoms with Crippen molar-refractivity contribution < 1.29 is 0 Å². The molecule has 0 saturated carbocycles. The molecular weight excluding hydrogens is 244 g/mol. The van der Waals surface area contributed by atoms with Crippen molar-refractivity contribution >= 4 is 17.3 Å². The first kappa shape index (κ1) is 13.7. The Morgan fingerprint density at radius 2 is 2.17 bits per heavy atom. The zero-order valence-corrected chi connectivity index (χ0v) is 12.1. The number of benzene rings is 1. The predicted molar refractivity (Wildman–Crippen MR) is 79.6 cm³/mol. The summed E-state index contributed by atoms with van der Waals surface area (Å²) in [5.41, 5.74) is 2.47. The van der Waals surface area contributed by atoms with Crippen molar-refractivity contribution in [2.75, 3.05) is 25.0 Å². The average Bonchev–Trinajstić information content (AvgIpc) is 2.58. The minimum absolute atomic E-state index is 0.599. The molecule has 18 heavy (non-hydrogen) atoms. The molecule has 0 radical (unpaired) electrons. The number of hydrogen-bond acceptors (Lipinski definition) is 2. The van der Waals surface area contributed by atoms with Gasteiger partial charge in [0.2, 0.25) is 0 Å². The van der Waals surface area contributed by atoms with Crippen LogP contribution in [0.4, 0.5) is 5.69 Å². The summed E-state index contributed by atoms with van der Waals surface area (Å²) in [7, 11) is 0. The van der Waals surface area contributed by atoms with Gasteiger partial charge in [-0.2, -0.15) is 0 Å². The number of aryl methyl sites for hydroxylation is 1. The second-order valence-electron chi connectivity index (χ2n) is 5.17. The van der Waals surface area contributed by atoms with E-state index in [-0.39, 0.29) is 0 Å². The Kier molecular flexibility index (Phi) is 4.90. The van der Waals surface area contributed by atoms with Crippen molar-refractivity contribution in [1.29, 1.82) is 0 Å². The number of nitrogens with one attached hydrogen (secondary N) is 1. The van der Waals surface area contributed by atoms with Crippen LogP contribution >= 0.6 is 11.6 Å². The van der Waals surface area contributed by atoms with Crippen LogP contribution in [0.15, 0.2) is 18.2 Å². The summed E-state index contributed by atoms with van der Waals surface area (Å²) in [6.45, 7) is 7.99. The molecule has 0 bridgehead atoms. The minimum atomic E-state index is 0.599. The highest BCUT2D eigenvalue weighted by molar-refractivity contribution is 6.30. The molecule has 0 aliphatic carbocycles. The Labute approximate surface area is 115 Å². The van der Waals surface area contributed by atoms with Crippen LogP contribution in [0.5, 0.6) is 0 Å². The fraction of sp³-hybridized carbons (Fsp3) is 0.600. The van der Waals surface area contributed by atoms with E-state index in [1.165, 1.54) is 50.1 Å². The van der Waals surface area contributed by atoms with Crippen molar-refractivity contribution in [2.24, 2.45) is 0 Å². The summed E-state index contributed by atoms with van der Waals surface area (Å²) in [5.74, 6) is 0. The maximum atomic E-state index is 5.99. The van der Waals surface area contributed by atoms with Gasteiger partial charge in [0.1, 0.15) is 0 Å². The summed E-state index contributed by atoms with van der Waals surface area (Å²) in [4.78, 5) is 2.54. The SMILES string of the molecule is CCN1CCCC(Nc2ccc(Cl)cc2C)CC1. The molecule has 0 aromatic heterocycles. The summed E-state index contributed by atoms with van der Waals surface area (Å²) >= 11 is 5.99. The number of halogens is 1. The van der Waals surface area contributed by atoms with Crippen LogP contribution in [0.3, 0.4) is 0 Å². The van der Waals surface area contributed by atoms with Gasteiger partial charge in [0.25, 0.3) is 0 Å². The summed E-state index contributed by atoms with van der Waals surface area (Å²) in [6, 6.07) is 6.69. The third kappa shape index (κ3) is 3.63. The standard InChI is InChI=1S/C15H23ClN2/c1-3-18-9-4-5-14(8-10-18)17-15-7-6-13(16)11-12(15)2/h6-7,11,14,17H,3-5,8-10H2,1-2H3. The molecule has 2 nitrogen and oxygen atoms in total. The molecular formula is C15H23ClN2. The number of hydrogen-bond donors (Lipinski definition) is 1. The lowest BCUT2D eigenvalue weighted by Crippen LogP contribution is -2.26. The van der Waals surface area contributed by atoms with Gasteiger partial charge in [0, 0.05) is 23.3 Å². The van der Waals surface area contributed by atoms with E-state index in [2.05, 4.69) is 30.1 Å². The molecule has 0 spiro atoms. The van der Waals surface area contributed by atoms with E-state index < -0.39 is 0 Å². The Morgan fingerprint density at radius 3 is 2.89 bits per heavy atom. The minimum Gasteiger partial charge on any atom is -0.382 e. The van der Waals surface area contributed by atoms with E-state index in [0.29, 0.717) is 6.04 Å². The second kappa shape index (κ2) is 6.44.